The van der Waals surface area contributed by atoms with E-state index >= 15 is 0 Å². The molecule has 39 heavy (non-hydrogen) atoms. The molecule has 2 rings (SSSR count). The summed E-state index contributed by atoms with van der Waals surface area (Å²) < 4.78 is 5.44. The van der Waals surface area contributed by atoms with E-state index in [4.69, 9.17) is 4.74 Å². The zero-order valence-electron chi connectivity index (χ0n) is 24.5. The smallest absolute Gasteiger partial charge is 0.408 e. The maximum absolute atomic E-state index is 14.3. The molecule has 3 N–H and O–H groups in total. The molecule has 3 amide bonds. The van der Waals surface area contributed by atoms with Crippen LogP contribution in [0, 0.1) is 13.8 Å². The number of aromatic hydroxyl groups is 1. The van der Waals surface area contributed by atoms with Gasteiger partial charge in [0.25, 0.3) is 5.91 Å². The van der Waals surface area contributed by atoms with Crippen LogP contribution in [0.2, 0.25) is 0 Å². The Morgan fingerprint density at radius 1 is 1.00 bits per heavy atom. The van der Waals surface area contributed by atoms with Gasteiger partial charge in [0.1, 0.15) is 23.4 Å². The van der Waals surface area contributed by atoms with Crippen LogP contribution in [0.3, 0.4) is 0 Å². The first-order valence-electron chi connectivity index (χ1n) is 13.0. The highest BCUT2D eigenvalue weighted by molar-refractivity contribution is 7.98. The normalized spacial score (nSPS) is 13.3. The maximum Gasteiger partial charge on any atom is 0.408 e. The maximum atomic E-state index is 14.3. The number of amides is 3. The van der Waals surface area contributed by atoms with Gasteiger partial charge in [-0.1, -0.05) is 24.3 Å². The number of benzene rings is 2. The van der Waals surface area contributed by atoms with Crippen molar-refractivity contribution in [2.75, 3.05) is 17.3 Å². The fraction of sp³-hybridized carbons (Fsp3) is 0.500. The molecule has 8 nitrogen and oxygen atoms in total. The van der Waals surface area contributed by atoms with Gasteiger partial charge in [0.05, 0.1) is 0 Å². The van der Waals surface area contributed by atoms with Crippen LogP contribution in [0.4, 0.5) is 10.5 Å². The number of thioether (sulfide) groups is 1. The lowest BCUT2D eigenvalue weighted by atomic mass is 9.94. The van der Waals surface area contributed by atoms with Gasteiger partial charge in [-0.3, -0.25) is 9.59 Å². The minimum absolute atomic E-state index is 0.0925. The van der Waals surface area contributed by atoms with Gasteiger partial charge in [-0.2, -0.15) is 11.8 Å². The van der Waals surface area contributed by atoms with Gasteiger partial charge in [-0.15, -0.1) is 0 Å². The molecule has 2 atom stereocenters. The number of aryl methyl sites for hydroxylation is 2. The Bertz CT molecular complexity index is 1170. The molecular formula is C30H43N3O5S. The number of rotatable bonds is 9. The molecule has 214 valence electrons. The molecule has 0 aliphatic heterocycles. The number of anilines is 1. The number of hydrogen-bond donors (Lipinski definition) is 3. The summed E-state index contributed by atoms with van der Waals surface area (Å²) >= 11 is 1.55. The number of carbonyl (C=O) groups is 3. The van der Waals surface area contributed by atoms with Gasteiger partial charge >= 0.3 is 6.09 Å². The van der Waals surface area contributed by atoms with Crippen molar-refractivity contribution in [2.24, 2.45) is 0 Å². The molecule has 0 aliphatic rings. The highest BCUT2D eigenvalue weighted by Gasteiger charge is 2.42. The summed E-state index contributed by atoms with van der Waals surface area (Å²) in [5.74, 6) is -0.103. The molecular weight excluding hydrogens is 514 g/mol. The number of carbonyl (C=O) groups excluding carboxylic acids is 3. The van der Waals surface area contributed by atoms with E-state index in [-0.39, 0.29) is 5.75 Å². The number of nitrogens with zero attached hydrogens (tertiary/aromatic N) is 1. The second kappa shape index (κ2) is 13.2. The van der Waals surface area contributed by atoms with Gasteiger partial charge in [-0.05, 0) is 109 Å². The lowest BCUT2D eigenvalue weighted by Crippen LogP contribution is -2.58. The average Bonchev–Trinajstić information content (AvgIpc) is 2.81. The van der Waals surface area contributed by atoms with Gasteiger partial charge < -0.3 is 25.4 Å². The second-order valence-corrected chi connectivity index (χ2v) is 12.6. The summed E-state index contributed by atoms with van der Waals surface area (Å²) in [6.07, 6.45) is 1.58. The summed E-state index contributed by atoms with van der Waals surface area (Å²) in [5, 5.41) is 15.9. The van der Waals surface area contributed by atoms with E-state index < -0.39 is 41.1 Å². The molecule has 2 aromatic rings. The van der Waals surface area contributed by atoms with Crippen LogP contribution >= 0.6 is 11.8 Å². The number of phenols is 1. The van der Waals surface area contributed by atoms with E-state index in [0.717, 1.165) is 5.56 Å². The molecule has 0 saturated heterocycles. The minimum Gasteiger partial charge on any atom is -0.508 e. The fourth-order valence-electron chi connectivity index (χ4n) is 4.14. The Hall–Kier alpha value is -3.20. The number of ether oxygens (including phenoxy) is 1. The van der Waals surface area contributed by atoms with Crippen LogP contribution in [0.5, 0.6) is 5.75 Å². The van der Waals surface area contributed by atoms with E-state index in [9.17, 15) is 19.5 Å². The Kier molecular flexibility index (Phi) is 10.9. The Morgan fingerprint density at radius 3 is 2.18 bits per heavy atom. The average molecular weight is 558 g/mol. The Labute approximate surface area is 236 Å². The predicted molar refractivity (Wildman–Crippen MR) is 158 cm³/mol. The molecule has 2 aromatic carbocycles. The molecule has 0 aromatic heterocycles. The first-order chi connectivity index (χ1) is 18.0. The summed E-state index contributed by atoms with van der Waals surface area (Å²) in [7, 11) is 0. The van der Waals surface area contributed by atoms with E-state index in [1.165, 1.54) is 11.0 Å². The van der Waals surface area contributed by atoms with Crippen LogP contribution in [0.1, 0.15) is 70.7 Å². The monoisotopic (exact) mass is 557 g/mol. The third-order valence-electron chi connectivity index (χ3n) is 6.01. The van der Waals surface area contributed by atoms with Crippen LogP contribution in [-0.4, -0.2) is 57.1 Å². The van der Waals surface area contributed by atoms with E-state index in [0.29, 0.717) is 29.0 Å². The van der Waals surface area contributed by atoms with Gasteiger partial charge in [-0.25, -0.2) is 4.79 Å². The van der Waals surface area contributed by atoms with E-state index in [1.54, 1.807) is 57.7 Å². The number of phenolic OH excluding ortho intramolecular Hbond substituents is 1. The first kappa shape index (κ1) is 32.0. The van der Waals surface area contributed by atoms with Crippen LogP contribution in [0.25, 0.3) is 0 Å². The number of nitrogens with one attached hydrogen (secondary N) is 2. The number of para-hydroxylation sites is 1. The fourth-order valence-corrected chi connectivity index (χ4v) is 4.61. The molecule has 9 heteroatoms. The highest BCUT2D eigenvalue weighted by Crippen LogP contribution is 2.33. The first-order valence-corrected chi connectivity index (χ1v) is 14.4. The third kappa shape index (κ3) is 9.20. The van der Waals surface area contributed by atoms with Gasteiger partial charge in [0.15, 0.2) is 0 Å². The number of hydrogen-bond acceptors (Lipinski definition) is 6. The van der Waals surface area contributed by atoms with Crippen molar-refractivity contribution >= 4 is 35.4 Å². The predicted octanol–water partition coefficient (Wildman–Crippen LogP) is 5.96. The molecule has 0 radical (unpaired) electrons. The minimum atomic E-state index is -1.05. The second-order valence-electron chi connectivity index (χ2n) is 11.6. The van der Waals surface area contributed by atoms with Crippen molar-refractivity contribution in [3.8, 4) is 5.75 Å². The van der Waals surface area contributed by atoms with Crippen LogP contribution < -0.4 is 10.6 Å². The molecule has 0 fully saturated rings. The largest absolute Gasteiger partial charge is 0.508 e. The van der Waals surface area contributed by atoms with E-state index in [1.807, 2.05) is 52.1 Å². The summed E-state index contributed by atoms with van der Waals surface area (Å²) in [5.41, 5.74) is 1.08. The summed E-state index contributed by atoms with van der Waals surface area (Å²) in [6.45, 7) is 14.5. The quantitative estimate of drug-likeness (QED) is 0.351. The summed E-state index contributed by atoms with van der Waals surface area (Å²) in [6, 6.07) is 10.3. The zero-order chi connectivity index (χ0) is 29.5. The van der Waals surface area contributed by atoms with Crippen LogP contribution in [-0.2, 0) is 14.3 Å². The molecule has 2 unspecified atom stereocenters. The molecule has 0 saturated carbocycles. The Morgan fingerprint density at radius 2 is 1.64 bits per heavy atom. The third-order valence-corrected chi connectivity index (χ3v) is 6.65. The molecule has 0 aliphatic carbocycles. The van der Waals surface area contributed by atoms with Crippen LogP contribution in [0.15, 0.2) is 42.5 Å². The SMILES string of the molecule is CSCCC(NC(=O)OC(C)(C)C)C(=O)N(C(C(=O)Nc1ccccc1C)c1ccc(O)c(C)c1)C(C)(C)C. The topological polar surface area (TPSA) is 108 Å². The van der Waals surface area contributed by atoms with Crippen molar-refractivity contribution in [3.05, 3.63) is 59.2 Å². The van der Waals surface area contributed by atoms with Crippen molar-refractivity contribution in [1.82, 2.24) is 10.2 Å². The Balaban J connectivity index is 2.62. The van der Waals surface area contributed by atoms with E-state index in [2.05, 4.69) is 10.6 Å². The number of alkyl carbamates (subject to hydrolysis) is 1. The molecule has 0 spiro atoms. The molecule has 0 bridgehead atoms. The van der Waals surface area contributed by atoms with Crippen molar-refractivity contribution in [1.29, 1.82) is 0 Å². The van der Waals surface area contributed by atoms with Crippen molar-refractivity contribution in [2.45, 2.75) is 85.0 Å². The summed E-state index contributed by atoms with van der Waals surface area (Å²) in [4.78, 5) is 42.6. The van der Waals surface area contributed by atoms with Crippen molar-refractivity contribution < 1.29 is 24.2 Å². The zero-order valence-corrected chi connectivity index (χ0v) is 25.4. The van der Waals surface area contributed by atoms with Crippen molar-refractivity contribution in [3.63, 3.8) is 0 Å². The van der Waals surface area contributed by atoms with Gasteiger partial charge in [0.2, 0.25) is 5.91 Å². The highest BCUT2D eigenvalue weighted by atomic mass is 32.2. The molecule has 0 heterocycles. The van der Waals surface area contributed by atoms with Gasteiger partial charge in [0, 0.05) is 11.2 Å². The lowest BCUT2D eigenvalue weighted by Gasteiger charge is -2.43. The standard InChI is InChI=1S/C30H43N3O5S/c1-19-12-10-11-13-22(19)31-26(35)25(21-14-15-24(34)20(2)18-21)33(29(3,4)5)27(36)23(16-17-39-9)32-28(37)38-30(6,7)8/h10-15,18,23,25,34H,16-17H2,1-9H3,(H,31,35)(H,32,37). The lowest BCUT2D eigenvalue weighted by molar-refractivity contribution is -0.146.